The van der Waals surface area contributed by atoms with E-state index in [1.807, 2.05) is 30.3 Å². The number of carbonyl (C=O) groups is 1. The van der Waals surface area contributed by atoms with E-state index in [1.165, 1.54) is 12.1 Å². The molecular weight excluding hydrogens is 314 g/mol. The summed E-state index contributed by atoms with van der Waals surface area (Å²) in [5.74, 6) is 0.741. The van der Waals surface area contributed by atoms with Crippen LogP contribution in [0.3, 0.4) is 0 Å². The molecule has 2 aromatic rings. The third-order valence-corrected chi connectivity index (χ3v) is 4.09. The number of nitrogens with zero attached hydrogens (tertiary/aromatic N) is 1. The van der Waals surface area contributed by atoms with Crippen molar-refractivity contribution in [1.82, 2.24) is 5.32 Å². The molecule has 23 heavy (non-hydrogen) atoms. The largest absolute Gasteiger partial charge is 0.337 e. The fourth-order valence-electron chi connectivity index (χ4n) is 1.87. The standard InChI is InChI=1S/C16H17N3O3S/c1-12-7-8-13(19(21)22)11-15(12)18-16(20)17-9-10-23-14-5-3-2-4-6-14/h2-8,11H,9-10H2,1H3,(H2,17,18,20). The minimum absolute atomic E-state index is 0.0504. The molecule has 0 atom stereocenters. The Morgan fingerprint density at radius 3 is 2.65 bits per heavy atom. The minimum atomic E-state index is -0.487. The number of carbonyl (C=O) groups excluding carboxylic acids is 1. The number of benzene rings is 2. The summed E-state index contributed by atoms with van der Waals surface area (Å²) in [5.41, 5.74) is 1.15. The molecule has 0 saturated heterocycles. The molecule has 0 aliphatic heterocycles. The lowest BCUT2D eigenvalue weighted by molar-refractivity contribution is -0.384. The van der Waals surface area contributed by atoms with Crippen LogP contribution in [0.1, 0.15) is 5.56 Å². The van der Waals surface area contributed by atoms with E-state index in [4.69, 9.17) is 0 Å². The first kappa shape index (κ1) is 16.8. The van der Waals surface area contributed by atoms with Crippen LogP contribution in [0, 0.1) is 17.0 Å². The monoisotopic (exact) mass is 331 g/mol. The molecular formula is C16H17N3O3S. The summed E-state index contributed by atoms with van der Waals surface area (Å²) >= 11 is 1.65. The molecule has 120 valence electrons. The van der Waals surface area contributed by atoms with Crippen molar-refractivity contribution in [2.75, 3.05) is 17.6 Å². The highest BCUT2D eigenvalue weighted by Gasteiger charge is 2.10. The fraction of sp³-hybridized carbons (Fsp3) is 0.188. The number of hydrogen-bond donors (Lipinski definition) is 2. The molecule has 0 spiro atoms. The maximum atomic E-state index is 11.9. The van der Waals surface area contributed by atoms with E-state index < -0.39 is 4.92 Å². The Labute approximate surface area is 138 Å². The second kappa shape index (κ2) is 8.19. The molecule has 0 aliphatic rings. The van der Waals surface area contributed by atoms with Crippen LogP contribution < -0.4 is 10.6 Å². The van der Waals surface area contributed by atoms with Gasteiger partial charge in [0.2, 0.25) is 0 Å². The normalized spacial score (nSPS) is 10.1. The van der Waals surface area contributed by atoms with Gasteiger partial charge in [0.05, 0.1) is 10.6 Å². The van der Waals surface area contributed by atoms with Gasteiger partial charge in [0.1, 0.15) is 0 Å². The SMILES string of the molecule is Cc1ccc([N+](=O)[O-])cc1NC(=O)NCCSc1ccccc1. The predicted octanol–water partition coefficient (Wildman–Crippen LogP) is 3.82. The van der Waals surface area contributed by atoms with Crippen LogP contribution in [-0.4, -0.2) is 23.3 Å². The summed E-state index contributed by atoms with van der Waals surface area (Å²) in [6.45, 7) is 2.28. The van der Waals surface area contributed by atoms with E-state index in [0.29, 0.717) is 12.2 Å². The van der Waals surface area contributed by atoms with E-state index >= 15 is 0 Å². The second-order valence-corrected chi connectivity index (χ2v) is 5.97. The van der Waals surface area contributed by atoms with Gasteiger partial charge in [-0.1, -0.05) is 24.3 Å². The van der Waals surface area contributed by atoms with Crippen LogP contribution in [0.5, 0.6) is 0 Å². The van der Waals surface area contributed by atoms with Crippen molar-refractivity contribution in [2.45, 2.75) is 11.8 Å². The molecule has 0 fully saturated rings. The van der Waals surface area contributed by atoms with Crippen LogP contribution in [0.2, 0.25) is 0 Å². The highest BCUT2D eigenvalue weighted by atomic mass is 32.2. The Hall–Kier alpha value is -2.54. The average Bonchev–Trinajstić information content (AvgIpc) is 2.54. The Morgan fingerprint density at radius 2 is 1.96 bits per heavy atom. The maximum absolute atomic E-state index is 11.9. The number of nitro benzene ring substituents is 1. The topological polar surface area (TPSA) is 84.3 Å². The molecule has 0 saturated carbocycles. The zero-order chi connectivity index (χ0) is 16.7. The van der Waals surface area contributed by atoms with Gasteiger partial charge in [0.15, 0.2) is 0 Å². The van der Waals surface area contributed by atoms with Gasteiger partial charge < -0.3 is 10.6 Å². The van der Waals surface area contributed by atoms with Crippen molar-refractivity contribution in [3.05, 3.63) is 64.2 Å². The molecule has 6 nitrogen and oxygen atoms in total. The van der Waals surface area contributed by atoms with E-state index in [0.717, 1.165) is 16.2 Å². The second-order valence-electron chi connectivity index (χ2n) is 4.80. The van der Waals surface area contributed by atoms with E-state index in [2.05, 4.69) is 10.6 Å². The van der Waals surface area contributed by atoms with Gasteiger partial charge in [0.25, 0.3) is 5.69 Å². The van der Waals surface area contributed by atoms with Crippen molar-refractivity contribution in [3.8, 4) is 0 Å². The fourth-order valence-corrected chi connectivity index (χ4v) is 2.66. The van der Waals surface area contributed by atoms with Crippen LogP contribution in [0.25, 0.3) is 0 Å². The van der Waals surface area contributed by atoms with Gasteiger partial charge in [-0.05, 0) is 24.6 Å². The number of nitro groups is 1. The van der Waals surface area contributed by atoms with Crippen LogP contribution in [-0.2, 0) is 0 Å². The molecule has 2 aromatic carbocycles. The third-order valence-electron chi connectivity index (χ3n) is 3.08. The number of thioether (sulfide) groups is 1. The summed E-state index contributed by atoms with van der Waals surface area (Å²) in [5, 5.41) is 16.1. The van der Waals surface area contributed by atoms with Crippen LogP contribution >= 0.6 is 11.8 Å². The average molecular weight is 331 g/mol. The Morgan fingerprint density at radius 1 is 1.22 bits per heavy atom. The summed E-state index contributed by atoms with van der Waals surface area (Å²) in [7, 11) is 0. The lowest BCUT2D eigenvalue weighted by atomic mass is 10.2. The lowest BCUT2D eigenvalue weighted by Gasteiger charge is -2.09. The zero-order valence-electron chi connectivity index (χ0n) is 12.6. The van der Waals surface area contributed by atoms with Gasteiger partial charge in [-0.2, -0.15) is 0 Å². The highest BCUT2D eigenvalue weighted by molar-refractivity contribution is 7.99. The van der Waals surface area contributed by atoms with Gasteiger partial charge in [-0.15, -0.1) is 11.8 Å². The van der Waals surface area contributed by atoms with Crippen LogP contribution in [0.15, 0.2) is 53.4 Å². The molecule has 0 unspecified atom stereocenters. The first-order chi connectivity index (χ1) is 11.1. The summed E-state index contributed by atoms with van der Waals surface area (Å²) in [6, 6.07) is 13.9. The molecule has 2 amide bonds. The quantitative estimate of drug-likeness (QED) is 0.365. The number of hydrogen-bond acceptors (Lipinski definition) is 4. The van der Waals surface area contributed by atoms with Crippen molar-refractivity contribution in [1.29, 1.82) is 0 Å². The summed E-state index contributed by atoms with van der Waals surface area (Å²) in [4.78, 5) is 23.3. The van der Waals surface area contributed by atoms with E-state index in [9.17, 15) is 14.9 Å². The molecule has 2 rings (SSSR count). The highest BCUT2D eigenvalue weighted by Crippen LogP contribution is 2.21. The van der Waals surface area contributed by atoms with Gasteiger partial charge >= 0.3 is 6.03 Å². The van der Waals surface area contributed by atoms with Gasteiger partial charge in [-0.25, -0.2) is 4.79 Å². The third kappa shape index (κ3) is 5.30. The van der Waals surface area contributed by atoms with E-state index in [1.54, 1.807) is 24.8 Å². The zero-order valence-corrected chi connectivity index (χ0v) is 13.4. The molecule has 0 aliphatic carbocycles. The van der Waals surface area contributed by atoms with Crippen LogP contribution in [0.4, 0.5) is 16.2 Å². The van der Waals surface area contributed by atoms with Crippen molar-refractivity contribution < 1.29 is 9.72 Å². The van der Waals surface area contributed by atoms with Crippen molar-refractivity contribution in [2.24, 2.45) is 0 Å². The molecule has 0 bridgehead atoms. The Bertz CT molecular complexity index is 692. The number of amides is 2. The Kier molecular flexibility index (Phi) is 5.99. The van der Waals surface area contributed by atoms with Gasteiger partial charge in [0, 0.05) is 29.3 Å². The molecule has 2 N–H and O–H groups in total. The number of urea groups is 1. The first-order valence-corrected chi connectivity index (χ1v) is 8.02. The Balaban J connectivity index is 1.81. The number of aryl methyl sites for hydroxylation is 1. The number of non-ortho nitro benzene ring substituents is 1. The minimum Gasteiger partial charge on any atom is -0.337 e. The van der Waals surface area contributed by atoms with E-state index in [-0.39, 0.29) is 11.7 Å². The number of nitrogens with one attached hydrogen (secondary N) is 2. The molecule has 7 heteroatoms. The number of rotatable bonds is 6. The van der Waals surface area contributed by atoms with Crippen molar-refractivity contribution >= 4 is 29.2 Å². The predicted molar refractivity (Wildman–Crippen MR) is 92.0 cm³/mol. The van der Waals surface area contributed by atoms with Crippen molar-refractivity contribution in [3.63, 3.8) is 0 Å². The summed E-state index contributed by atoms with van der Waals surface area (Å²) < 4.78 is 0. The smallest absolute Gasteiger partial charge is 0.319 e. The molecule has 0 radical (unpaired) electrons. The maximum Gasteiger partial charge on any atom is 0.319 e. The molecule has 0 heterocycles. The number of anilines is 1. The summed E-state index contributed by atoms with van der Waals surface area (Å²) in [6.07, 6.45) is 0. The molecule has 0 aromatic heterocycles. The van der Waals surface area contributed by atoms with Gasteiger partial charge in [-0.3, -0.25) is 10.1 Å². The first-order valence-electron chi connectivity index (χ1n) is 7.04. The lowest BCUT2D eigenvalue weighted by Crippen LogP contribution is -2.30.